The SMILES string of the molecule is C=CC(C)=C=C(C)C(=O)OCC. The van der Waals surface area contributed by atoms with Gasteiger partial charge in [-0.3, -0.25) is 0 Å². The monoisotopic (exact) mass is 166 g/mol. The molecule has 0 N–H and O–H groups in total. The lowest BCUT2D eigenvalue weighted by atomic mass is 10.2. The van der Waals surface area contributed by atoms with E-state index in [0.29, 0.717) is 12.2 Å². The van der Waals surface area contributed by atoms with Crippen molar-refractivity contribution in [3.8, 4) is 0 Å². The molecule has 0 aromatic heterocycles. The standard InChI is InChI=1S/C10H14O2/c1-5-8(3)7-9(4)10(11)12-6-2/h5H,1,6H2,2-4H3. The van der Waals surface area contributed by atoms with E-state index in [0.717, 1.165) is 5.57 Å². The second kappa shape index (κ2) is 5.39. The minimum atomic E-state index is -0.321. The average Bonchev–Trinajstić information content (AvgIpc) is 2.04. The summed E-state index contributed by atoms with van der Waals surface area (Å²) in [6.45, 7) is 9.22. The number of carbonyl (C=O) groups is 1. The Morgan fingerprint density at radius 3 is 2.58 bits per heavy atom. The van der Waals surface area contributed by atoms with Crippen molar-refractivity contribution in [1.29, 1.82) is 0 Å². The molecular formula is C10H14O2. The molecule has 0 aromatic carbocycles. The molecule has 66 valence electrons. The Balaban J connectivity index is 4.57. The molecule has 0 rings (SSSR count). The van der Waals surface area contributed by atoms with Crippen molar-refractivity contribution in [1.82, 2.24) is 0 Å². The van der Waals surface area contributed by atoms with E-state index in [1.54, 1.807) is 19.9 Å². The molecule has 12 heavy (non-hydrogen) atoms. The zero-order valence-electron chi connectivity index (χ0n) is 7.81. The molecule has 2 heteroatoms. The molecule has 0 saturated carbocycles. The fraction of sp³-hybridized carbons (Fsp3) is 0.400. The summed E-state index contributed by atoms with van der Waals surface area (Å²) in [7, 11) is 0. The first-order chi connectivity index (χ1) is 5.61. The predicted octanol–water partition coefficient (Wildman–Crippen LogP) is 2.23. The number of rotatable bonds is 3. The third kappa shape index (κ3) is 3.79. The molecule has 0 aromatic rings. The summed E-state index contributed by atoms with van der Waals surface area (Å²) in [5.41, 5.74) is 4.17. The van der Waals surface area contributed by atoms with Crippen molar-refractivity contribution < 1.29 is 9.53 Å². The van der Waals surface area contributed by atoms with Crippen molar-refractivity contribution in [3.05, 3.63) is 29.5 Å². The summed E-state index contributed by atoms with van der Waals surface area (Å²) in [4.78, 5) is 11.0. The molecule has 0 fully saturated rings. The molecule has 2 nitrogen and oxygen atoms in total. The summed E-state index contributed by atoms with van der Waals surface area (Å²) in [6, 6.07) is 0. The summed E-state index contributed by atoms with van der Waals surface area (Å²) < 4.78 is 4.76. The van der Waals surface area contributed by atoms with Gasteiger partial charge in [0.15, 0.2) is 0 Å². The van der Waals surface area contributed by atoms with Crippen LogP contribution >= 0.6 is 0 Å². The van der Waals surface area contributed by atoms with Crippen molar-refractivity contribution in [2.45, 2.75) is 20.8 Å². The molecule has 0 atom stereocenters. The van der Waals surface area contributed by atoms with Gasteiger partial charge in [-0.2, -0.15) is 0 Å². The van der Waals surface area contributed by atoms with Crippen molar-refractivity contribution in [2.24, 2.45) is 0 Å². The van der Waals surface area contributed by atoms with Gasteiger partial charge in [-0.05, 0) is 26.3 Å². The van der Waals surface area contributed by atoms with Crippen LogP contribution in [-0.2, 0) is 9.53 Å². The highest BCUT2D eigenvalue weighted by Gasteiger charge is 2.02. The predicted molar refractivity (Wildman–Crippen MR) is 48.7 cm³/mol. The topological polar surface area (TPSA) is 26.3 Å². The summed E-state index contributed by atoms with van der Waals surface area (Å²) in [5.74, 6) is -0.321. The Morgan fingerprint density at radius 2 is 2.17 bits per heavy atom. The minimum absolute atomic E-state index is 0.321. The Morgan fingerprint density at radius 1 is 1.58 bits per heavy atom. The zero-order valence-corrected chi connectivity index (χ0v) is 7.81. The lowest BCUT2D eigenvalue weighted by molar-refractivity contribution is -0.138. The normalized spacial score (nSPS) is 8.25. The van der Waals surface area contributed by atoms with Gasteiger partial charge < -0.3 is 4.74 Å². The number of esters is 1. The summed E-state index contributed by atoms with van der Waals surface area (Å²) >= 11 is 0. The fourth-order valence-corrected chi connectivity index (χ4v) is 0.637. The van der Waals surface area contributed by atoms with Crippen LogP contribution in [0.15, 0.2) is 29.5 Å². The van der Waals surface area contributed by atoms with Gasteiger partial charge in [0.1, 0.15) is 0 Å². The lowest BCUT2D eigenvalue weighted by Crippen LogP contribution is -2.04. The largest absolute Gasteiger partial charge is 0.462 e. The van der Waals surface area contributed by atoms with Crippen LogP contribution in [0.4, 0.5) is 0 Å². The molecule has 0 unspecified atom stereocenters. The van der Waals surface area contributed by atoms with Crippen LogP contribution in [0.3, 0.4) is 0 Å². The van der Waals surface area contributed by atoms with E-state index < -0.39 is 0 Å². The van der Waals surface area contributed by atoms with Crippen molar-refractivity contribution in [2.75, 3.05) is 6.61 Å². The van der Waals surface area contributed by atoms with E-state index in [9.17, 15) is 4.79 Å². The van der Waals surface area contributed by atoms with Gasteiger partial charge in [-0.25, -0.2) is 4.79 Å². The summed E-state index contributed by atoms with van der Waals surface area (Å²) in [5, 5.41) is 0. The van der Waals surface area contributed by atoms with Crippen LogP contribution in [0.2, 0.25) is 0 Å². The third-order valence-corrected chi connectivity index (χ3v) is 1.27. The third-order valence-electron chi connectivity index (χ3n) is 1.27. The first-order valence-corrected chi connectivity index (χ1v) is 3.85. The molecule has 0 radical (unpaired) electrons. The molecule has 0 spiro atoms. The van der Waals surface area contributed by atoms with Crippen LogP contribution in [0.5, 0.6) is 0 Å². The number of hydrogen-bond acceptors (Lipinski definition) is 2. The Bertz CT molecular complexity index is 243. The average molecular weight is 166 g/mol. The van der Waals surface area contributed by atoms with Crippen molar-refractivity contribution in [3.63, 3.8) is 0 Å². The van der Waals surface area contributed by atoms with Crippen LogP contribution in [-0.4, -0.2) is 12.6 Å². The van der Waals surface area contributed by atoms with Gasteiger partial charge in [0.05, 0.1) is 12.2 Å². The first kappa shape index (κ1) is 10.7. The summed E-state index contributed by atoms with van der Waals surface area (Å²) in [6.07, 6.45) is 1.64. The molecular weight excluding hydrogens is 152 g/mol. The number of hydrogen-bond donors (Lipinski definition) is 0. The first-order valence-electron chi connectivity index (χ1n) is 3.85. The maximum atomic E-state index is 11.0. The van der Waals surface area contributed by atoms with Crippen LogP contribution in [0.25, 0.3) is 0 Å². The number of ether oxygens (including phenoxy) is 1. The second-order valence-electron chi connectivity index (χ2n) is 2.36. The molecule has 0 aliphatic rings. The highest BCUT2D eigenvalue weighted by Crippen LogP contribution is 1.98. The Labute approximate surface area is 73.2 Å². The molecule has 0 amide bonds. The van der Waals surface area contributed by atoms with E-state index in [4.69, 9.17) is 4.74 Å². The zero-order chi connectivity index (χ0) is 9.56. The lowest BCUT2D eigenvalue weighted by Gasteiger charge is -1.97. The maximum Gasteiger partial charge on any atom is 0.341 e. The molecule has 0 bridgehead atoms. The van der Waals surface area contributed by atoms with Gasteiger partial charge >= 0.3 is 5.97 Å². The van der Waals surface area contributed by atoms with E-state index in [1.807, 2.05) is 6.92 Å². The highest BCUT2D eigenvalue weighted by molar-refractivity contribution is 5.87. The van der Waals surface area contributed by atoms with Crippen molar-refractivity contribution >= 4 is 5.97 Å². The number of carbonyl (C=O) groups excluding carboxylic acids is 1. The van der Waals surface area contributed by atoms with Crippen LogP contribution in [0.1, 0.15) is 20.8 Å². The van der Waals surface area contributed by atoms with Crippen LogP contribution < -0.4 is 0 Å². The fourth-order valence-electron chi connectivity index (χ4n) is 0.637. The Hall–Kier alpha value is -1.27. The molecule has 0 aliphatic heterocycles. The molecule has 0 aliphatic carbocycles. The Kier molecular flexibility index (Phi) is 4.82. The second-order valence-corrected chi connectivity index (χ2v) is 2.36. The van der Waals surface area contributed by atoms with Gasteiger partial charge in [0.25, 0.3) is 0 Å². The molecule has 0 saturated heterocycles. The van der Waals surface area contributed by atoms with Gasteiger partial charge in [0.2, 0.25) is 0 Å². The maximum absolute atomic E-state index is 11.0. The van der Waals surface area contributed by atoms with Gasteiger partial charge in [0, 0.05) is 0 Å². The quantitative estimate of drug-likeness (QED) is 0.278. The minimum Gasteiger partial charge on any atom is -0.462 e. The van der Waals surface area contributed by atoms with E-state index in [1.165, 1.54) is 0 Å². The molecule has 0 heterocycles. The highest BCUT2D eigenvalue weighted by atomic mass is 16.5. The smallest absolute Gasteiger partial charge is 0.341 e. The van der Waals surface area contributed by atoms with Gasteiger partial charge in [-0.1, -0.05) is 12.7 Å². The number of allylic oxidation sites excluding steroid dienone is 1. The van der Waals surface area contributed by atoms with E-state index >= 15 is 0 Å². The van der Waals surface area contributed by atoms with Gasteiger partial charge in [-0.15, -0.1) is 5.73 Å². The van der Waals surface area contributed by atoms with E-state index in [-0.39, 0.29) is 5.97 Å². The van der Waals surface area contributed by atoms with E-state index in [2.05, 4.69) is 12.3 Å². The van der Waals surface area contributed by atoms with Crippen LogP contribution in [0, 0.1) is 0 Å².